The van der Waals surface area contributed by atoms with Crippen LogP contribution in [0.1, 0.15) is 51.4 Å². The van der Waals surface area contributed by atoms with Crippen LogP contribution in [-0.4, -0.2) is 25.5 Å². The number of rotatable bonds is 13. The van der Waals surface area contributed by atoms with Crippen molar-refractivity contribution in [3.8, 4) is 0 Å². The van der Waals surface area contributed by atoms with Gasteiger partial charge in [0.2, 0.25) is 0 Å². The standard InChI is InChI=1S/C14H24Br2O2Si/c1-2-13(17)18-11-9-7-5-3-4-6-8-10-12-19-14(15)16/h2,14H,1,3-12H2. The minimum Gasteiger partial charge on any atom is -0.463 e. The molecule has 0 saturated carbocycles. The first-order valence-electron chi connectivity index (χ1n) is 6.97. The van der Waals surface area contributed by atoms with Gasteiger partial charge in [-0.1, -0.05) is 89.4 Å². The molecule has 0 fully saturated rings. The zero-order chi connectivity index (χ0) is 14.3. The predicted molar refractivity (Wildman–Crippen MR) is 90.3 cm³/mol. The van der Waals surface area contributed by atoms with Crippen molar-refractivity contribution in [3.63, 3.8) is 0 Å². The second-order valence-electron chi connectivity index (χ2n) is 4.45. The number of carbonyl (C=O) groups excluding carboxylic acids is 1. The summed E-state index contributed by atoms with van der Waals surface area (Å²) in [6.07, 6.45) is 11.3. The van der Waals surface area contributed by atoms with Gasteiger partial charge >= 0.3 is 5.97 Å². The molecule has 0 aliphatic rings. The Bertz CT molecular complexity index is 235. The summed E-state index contributed by atoms with van der Waals surface area (Å²) in [5, 5.41) is 0. The van der Waals surface area contributed by atoms with E-state index in [1.54, 1.807) is 0 Å². The second-order valence-corrected chi connectivity index (χ2v) is 10.7. The summed E-state index contributed by atoms with van der Waals surface area (Å²) in [4.78, 5) is 10.8. The number of hydrogen-bond acceptors (Lipinski definition) is 2. The predicted octanol–water partition coefficient (Wildman–Crippen LogP) is 5.03. The molecular weight excluding hydrogens is 388 g/mol. The normalized spacial score (nSPS) is 10.7. The molecule has 0 bridgehead atoms. The van der Waals surface area contributed by atoms with Gasteiger partial charge in [-0.2, -0.15) is 0 Å². The Hall–Kier alpha value is 0.387. The second kappa shape index (κ2) is 14.8. The molecule has 0 aromatic rings. The van der Waals surface area contributed by atoms with Gasteiger partial charge in [-0.15, -0.1) is 0 Å². The summed E-state index contributed by atoms with van der Waals surface area (Å²) in [6.45, 7) is 3.89. The van der Waals surface area contributed by atoms with E-state index < -0.39 is 0 Å². The van der Waals surface area contributed by atoms with Crippen LogP contribution in [0.3, 0.4) is 0 Å². The van der Waals surface area contributed by atoms with E-state index in [1.165, 1.54) is 50.6 Å². The molecule has 0 N–H and O–H groups in total. The highest BCUT2D eigenvalue weighted by Crippen LogP contribution is 2.12. The van der Waals surface area contributed by atoms with E-state index in [9.17, 15) is 4.79 Å². The van der Waals surface area contributed by atoms with Crippen LogP contribution >= 0.6 is 31.9 Å². The van der Waals surface area contributed by atoms with Crippen molar-refractivity contribution in [3.05, 3.63) is 12.7 Å². The van der Waals surface area contributed by atoms with Gasteiger partial charge in [0.15, 0.2) is 0 Å². The average Bonchev–Trinajstić information content (AvgIpc) is 2.39. The fraction of sp³-hybridized carbons (Fsp3) is 0.786. The Balaban J connectivity index is 3.03. The van der Waals surface area contributed by atoms with E-state index in [4.69, 9.17) is 4.74 Å². The first kappa shape index (κ1) is 19.4. The molecule has 0 aromatic carbocycles. The van der Waals surface area contributed by atoms with Crippen molar-refractivity contribution < 1.29 is 9.53 Å². The minimum atomic E-state index is -0.310. The molecule has 0 saturated heterocycles. The summed E-state index contributed by atoms with van der Waals surface area (Å²) in [6, 6.07) is 1.33. The highest BCUT2D eigenvalue weighted by Gasteiger charge is 1.99. The molecule has 0 aromatic heterocycles. The third-order valence-electron chi connectivity index (χ3n) is 2.78. The summed E-state index contributed by atoms with van der Waals surface area (Å²) >= 11 is 7.01. The van der Waals surface area contributed by atoms with Crippen molar-refractivity contribution in [2.24, 2.45) is 0 Å². The van der Waals surface area contributed by atoms with Gasteiger partial charge in [0, 0.05) is 6.08 Å². The van der Waals surface area contributed by atoms with E-state index >= 15 is 0 Å². The SMILES string of the molecule is C=CC(=O)OCCCCCCCCCC[Si]C(Br)Br. The lowest BCUT2D eigenvalue weighted by Crippen LogP contribution is -2.01. The Morgan fingerprint density at radius 3 is 2.11 bits per heavy atom. The summed E-state index contributed by atoms with van der Waals surface area (Å²) in [7, 11) is 0.983. The van der Waals surface area contributed by atoms with Crippen LogP contribution in [0.4, 0.5) is 0 Å². The van der Waals surface area contributed by atoms with Gasteiger partial charge in [-0.3, -0.25) is 0 Å². The molecule has 2 radical (unpaired) electrons. The van der Waals surface area contributed by atoms with Crippen molar-refractivity contribution in [1.29, 1.82) is 0 Å². The van der Waals surface area contributed by atoms with Gasteiger partial charge in [0.05, 0.1) is 19.5 Å². The average molecular weight is 412 g/mol. The Labute approximate surface area is 136 Å². The fourth-order valence-corrected chi connectivity index (χ4v) is 3.78. The van der Waals surface area contributed by atoms with Crippen LogP contribution in [-0.2, 0) is 9.53 Å². The number of unbranched alkanes of at least 4 members (excludes halogenated alkanes) is 7. The van der Waals surface area contributed by atoms with Crippen molar-refractivity contribution in [1.82, 2.24) is 0 Å². The molecule has 0 amide bonds. The van der Waals surface area contributed by atoms with E-state index in [0.29, 0.717) is 9.97 Å². The zero-order valence-electron chi connectivity index (χ0n) is 11.5. The smallest absolute Gasteiger partial charge is 0.330 e. The molecule has 0 rings (SSSR count). The summed E-state index contributed by atoms with van der Waals surface area (Å²) in [5.41, 5.74) is 0. The number of halogens is 2. The van der Waals surface area contributed by atoms with Crippen LogP contribution in [0.25, 0.3) is 0 Å². The van der Waals surface area contributed by atoms with E-state index in [0.717, 1.165) is 22.4 Å². The first-order valence-corrected chi connectivity index (χ1v) is 10.1. The molecule has 0 spiro atoms. The number of carbonyl (C=O) groups is 1. The quantitative estimate of drug-likeness (QED) is 0.139. The highest BCUT2D eigenvalue weighted by atomic mass is 79.9. The molecular formula is C14H24Br2O2Si. The van der Waals surface area contributed by atoms with Gasteiger partial charge in [0.1, 0.15) is 0 Å². The molecule has 0 unspecified atom stereocenters. The fourth-order valence-electron chi connectivity index (χ4n) is 1.73. The molecule has 0 aliphatic carbocycles. The minimum absolute atomic E-state index is 0.310. The third-order valence-corrected chi connectivity index (χ3v) is 5.67. The maximum Gasteiger partial charge on any atom is 0.330 e. The van der Waals surface area contributed by atoms with E-state index in [2.05, 4.69) is 38.4 Å². The summed E-state index contributed by atoms with van der Waals surface area (Å²) in [5.74, 6) is -0.310. The van der Waals surface area contributed by atoms with Crippen LogP contribution in [0.15, 0.2) is 12.7 Å². The number of hydrogen-bond donors (Lipinski definition) is 0. The largest absolute Gasteiger partial charge is 0.463 e. The molecule has 2 nitrogen and oxygen atoms in total. The maximum atomic E-state index is 10.8. The topological polar surface area (TPSA) is 26.3 Å². The van der Waals surface area contributed by atoms with Crippen LogP contribution in [0, 0.1) is 0 Å². The van der Waals surface area contributed by atoms with Crippen LogP contribution in [0.5, 0.6) is 0 Å². The lowest BCUT2D eigenvalue weighted by atomic mass is 10.1. The molecule has 0 heterocycles. The summed E-state index contributed by atoms with van der Waals surface area (Å²) < 4.78 is 5.43. The molecule has 0 aliphatic heterocycles. The van der Waals surface area contributed by atoms with E-state index in [1.807, 2.05) is 0 Å². The molecule has 110 valence electrons. The van der Waals surface area contributed by atoms with Crippen molar-refractivity contribution in [2.45, 2.75) is 60.8 Å². The lowest BCUT2D eigenvalue weighted by molar-refractivity contribution is -0.137. The van der Waals surface area contributed by atoms with Gasteiger partial charge < -0.3 is 4.74 Å². The first-order chi connectivity index (χ1) is 9.16. The van der Waals surface area contributed by atoms with Gasteiger partial charge in [0.25, 0.3) is 0 Å². The molecule has 19 heavy (non-hydrogen) atoms. The maximum absolute atomic E-state index is 10.8. The lowest BCUT2D eigenvalue weighted by Gasteiger charge is -2.03. The van der Waals surface area contributed by atoms with E-state index in [-0.39, 0.29) is 5.97 Å². The van der Waals surface area contributed by atoms with Gasteiger partial charge in [-0.25, -0.2) is 4.79 Å². The highest BCUT2D eigenvalue weighted by molar-refractivity contribution is 9.25. The Morgan fingerprint density at radius 2 is 1.58 bits per heavy atom. The molecule has 0 atom stereocenters. The Kier molecular flexibility index (Phi) is 15.1. The monoisotopic (exact) mass is 410 g/mol. The van der Waals surface area contributed by atoms with Crippen molar-refractivity contribution in [2.75, 3.05) is 6.61 Å². The number of esters is 1. The third kappa shape index (κ3) is 16.3. The van der Waals surface area contributed by atoms with Crippen LogP contribution in [0.2, 0.25) is 6.04 Å². The van der Waals surface area contributed by atoms with Crippen molar-refractivity contribution >= 4 is 47.3 Å². The Morgan fingerprint density at radius 1 is 1.05 bits per heavy atom. The molecule has 5 heteroatoms. The van der Waals surface area contributed by atoms with Gasteiger partial charge in [-0.05, 0) is 6.42 Å². The number of alkyl halides is 2. The zero-order valence-corrected chi connectivity index (χ0v) is 15.7. The van der Waals surface area contributed by atoms with Crippen LogP contribution < -0.4 is 0 Å². The number of ether oxygens (including phenoxy) is 1.